The zero-order valence-electron chi connectivity index (χ0n) is 18.8. The van der Waals surface area contributed by atoms with Crippen molar-refractivity contribution in [1.82, 2.24) is 14.9 Å². The van der Waals surface area contributed by atoms with Crippen LogP contribution in [0.5, 0.6) is 0 Å². The van der Waals surface area contributed by atoms with E-state index in [1.165, 1.54) is 24.0 Å². The minimum atomic E-state index is -0.110. The Labute approximate surface area is 180 Å². The second-order valence-electron chi connectivity index (χ2n) is 9.06. The van der Waals surface area contributed by atoms with Gasteiger partial charge in [-0.15, -0.1) is 0 Å². The molecule has 0 aliphatic carbocycles. The van der Waals surface area contributed by atoms with Crippen molar-refractivity contribution in [2.45, 2.75) is 59.9 Å². The molecule has 1 atom stereocenters. The Morgan fingerprint density at radius 2 is 1.63 bits per heavy atom. The van der Waals surface area contributed by atoms with Crippen LogP contribution >= 0.6 is 0 Å². The number of unbranched alkanes of at least 4 members (excludes halogenated alkanes) is 1. The summed E-state index contributed by atoms with van der Waals surface area (Å²) in [5, 5.41) is 3.09. The van der Waals surface area contributed by atoms with Gasteiger partial charge in [-0.25, -0.2) is 4.98 Å². The highest BCUT2D eigenvalue weighted by Gasteiger charge is 2.23. The molecule has 2 aromatic carbocycles. The summed E-state index contributed by atoms with van der Waals surface area (Å²) in [5.41, 5.74) is 5.20. The minimum absolute atomic E-state index is 0.00571. The highest BCUT2D eigenvalue weighted by Crippen LogP contribution is 2.23. The van der Waals surface area contributed by atoms with Crippen LogP contribution in [0.25, 0.3) is 16.8 Å². The molecular formula is C26H33N3O. The Morgan fingerprint density at radius 3 is 2.20 bits per heavy atom. The van der Waals surface area contributed by atoms with Gasteiger partial charge >= 0.3 is 0 Å². The molecule has 158 valence electrons. The van der Waals surface area contributed by atoms with E-state index < -0.39 is 0 Å². The standard InChI is InChI=1S/C26H33N3O/c1-6-7-8-20-9-11-21(12-10-20)22-13-15-23(16-14-22)29-18-27-17-24(29)25(30)28-19(2)26(3,4)5/h9-19H,6-8H2,1-5H3,(H,28,30). The maximum atomic E-state index is 12.8. The van der Waals surface area contributed by atoms with Crippen molar-refractivity contribution in [3.8, 4) is 16.8 Å². The van der Waals surface area contributed by atoms with Gasteiger partial charge in [0.25, 0.3) is 5.91 Å². The SMILES string of the molecule is CCCCc1ccc(-c2ccc(-n3cncc3C(=O)NC(C)C(C)(C)C)cc2)cc1. The molecule has 0 fully saturated rings. The average molecular weight is 404 g/mol. The highest BCUT2D eigenvalue weighted by atomic mass is 16.2. The van der Waals surface area contributed by atoms with Crippen LogP contribution in [0.15, 0.2) is 61.1 Å². The van der Waals surface area contributed by atoms with Gasteiger partial charge in [0.05, 0.1) is 12.5 Å². The average Bonchev–Trinajstić information content (AvgIpc) is 3.22. The summed E-state index contributed by atoms with van der Waals surface area (Å²) >= 11 is 0. The van der Waals surface area contributed by atoms with Crippen molar-refractivity contribution < 1.29 is 4.79 Å². The number of hydrogen-bond acceptors (Lipinski definition) is 2. The number of rotatable bonds is 7. The minimum Gasteiger partial charge on any atom is -0.348 e. The third-order valence-corrected chi connectivity index (χ3v) is 5.77. The van der Waals surface area contributed by atoms with Gasteiger partial charge in [0.15, 0.2) is 0 Å². The molecule has 0 saturated carbocycles. The number of benzene rings is 2. The number of amides is 1. The third kappa shape index (κ3) is 5.18. The number of nitrogens with one attached hydrogen (secondary N) is 1. The Balaban J connectivity index is 1.76. The van der Waals surface area contributed by atoms with E-state index in [9.17, 15) is 4.79 Å². The molecule has 3 rings (SSSR count). The van der Waals surface area contributed by atoms with E-state index >= 15 is 0 Å². The number of carbonyl (C=O) groups is 1. The van der Waals surface area contributed by atoms with Crippen LogP contribution in [0.1, 0.15) is 63.5 Å². The topological polar surface area (TPSA) is 46.9 Å². The number of nitrogens with zero attached hydrogens (tertiary/aromatic N) is 2. The summed E-state index contributed by atoms with van der Waals surface area (Å²) in [6.45, 7) is 10.6. The number of imidazole rings is 1. The molecular weight excluding hydrogens is 370 g/mol. The van der Waals surface area contributed by atoms with Gasteiger partial charge in [-0.3, -0.25) is 9.36 Å². The second-order valence-corrected chi connectivity index (χ2v) is 9.06. The molecule has 1 N–H and O–H groups in total. The van der Waals surface area contributed by atoms with Gasteiger partial charge in [0.2, 0.25) is 0 Å². The summed E-state index contributed by atoms with van der Waals surface area (Å²) < 4.78 is 1.84. The Bertz CT molecular complexity index is 963. The summed E-state index contributed by atoms with van der Waals surface area (Å²) in [4.78, 5) is 17.0. The fourth-order valence-electron chi connectivity index (χ4n) is 3.22. The van der Waals surface area contributed by atoms with Crippen LogP contribution in [0, 0.1) is 5.41 Å². The van der Waals surface area contributed by atoms with E-state index in [-0.39, 0.29) is 17.4 Å². The number of aromatic nitrogens is 2. The smallest absolute Gasteiger partial charge is 0.270 e. The molecule has 4 heteroatoms. The van der Waals surface area contributed by atoms with Gasteiger partial charge in [0, 0.05) is 11.7 Å². The lowest BCUT2D eigenvalue weighted by Gasteiger charge is -2.28. The second kappa shape index (κ2) is 9.29. The van der Waals surface area contributed by atoms with Crippen LogP contribution in [0.4, 0.5) is 0 Å². The predicted molar refractivity (Wildman–Crippen MR) is 124 cm³/mol. The van der Waals surface area contributed by atoms with E-state index in [1.54, 1.807) is 12.5 Å². The quantitative estimate of drug-likeness (QED) is 0.522. The monoisotopic (exact) mass is 403 g/mol. The zero-order valence-corrected chi connectivity index (χ0v) is 18.8. The molecule has 0 aliphatic heterocycles. The van der Waals surface area contributed by atoms with Gasteiger partial charge < -0.3 is 5.32 Å². The summed E-state index contributed by atoms with van der Waals surface area (Å²) in [5.74, 6) is -0.110. The lowest BCUT2D eigenvalue weighted by molar-refractivity contribution is 0.0903. The van der Waals surface area contributed by atoms with Crippen LogP contribution in [0.2, 0.25) is 0 Å². The molecule has 0 spiro atoms. The van der Waals surface area contributed by atoms with Crippen LogP contribution in [0.3, 0.4) is 0 Å². The molecule has 0 radical (unpaired) electrons. The fraction of sp³-hybridized carbons (Fsp3) is 0.385. The lowest BCUT2D eigenvalue weighted by atomic mass is 9.88. The molecule has 0 bridgehead atoms. The molecule has 0 saturated heterocycles. The first-order chi connectivity index (χ1) is 14.3. The summed E-state index contributed by atoms with van der Waals surface area (Å²) in [7, 11) is 0. The number of carbonyl (C=O) groups excluding carboxylic acids is 1. The molecule has 0 aliphatic rings. The van der Waals surface area contributed by atoms with Gasteiger partial charge in [-0.2, -0.15) is 0 Å². The van der Waals surface area contributed by atoms with Crippen LogP contribution in [-0.4, -0.2) is 21.5 Å². The highest BCUT2D eigenvalue weighted by molar-refractivity contribution is 5.93. The van der Waals surface area contributed by atoms with Crippen LogP contribution < -0.4 is 5.32 Å². The molecule has 4 nitrogen and oxygen atoms in total. The first-order valence-electron chi connectivity index (χ1n) is 10.8. The molecule has 1 unspecified atom stereocenters. The summed E-state index contributed by atoms with van der Waals surface area (Å²) in [6.07, 6.45) is 6.88. The van der Waals surface area contributed by atoms with E-state index in [1.807, 2.05) is 23.6 Å². The largest absolute Gasteiger partial charge is 0.348 e. The van der Waals surface area contributed by atoms with Crippen molar-refractivity contribution in [1.29, 1.82) is 0 Å². The third-order valence-electron chi connectivity index (χ3n) is 5.77. The lowest BCUT2D eigenvalue weighted by Crippen LogP contribution is -2.41. The maximum absolute atomic E-state index is 12.8. The fourth-order valence-corrected chi connectivity index (χ4v) is 3.22. The van der Waals surface area contributed by atoms with Crippen molar-refractivity contribution >= 4 is 5.91 Å². The maximum Gasteiger partial charge on any atom is 0.270 e. The van der Waals surface area contributed by atoms with Crippen molar-refractivity contribution in [3.05, 3.63) is 72.3 Å². The Kier molecular flexibility index (Phi) is 6.76. The molecule has 3 aromatic rings. The molecule has 1 aromatic heterocycles. The van der Waals surface area contributed by atoms with Gasteiger partial charge in [0.1, 0.15) is 5.69 Å². The van der Waals surface area contributed by atoms with E-state index in [0.717, 1.165) is 17.7 Å². The van der Waals surface area contributed by atoms with E-state index in [4.69, 9.17) is 0 Å². The Morgan fingerprint density at radius 1 is 1.03 bits per heavy atom. The molecule has 30 heavy (non-hydrogen) atoms. The Hall–Kier alpha value is -2.88. The number of aryl methyl sites for hydroxylation is 1. The first kappa shape index (κ1) is 21.8. The predicted octanol–water partition coefficient (Wildman–Crippen LogP) is 6.05. The normalized spacial score (nSPS) is 12.6. The van der Waals surface area contributed by atoms with Crippen molar-refractivity contribution in [2.75, 3.05) is 0 Å². The van der Waals surface area contributed by atoms with Crippen molar-refractivity contribution in [3.63, 3.8) is 0 Å². The van der Waals surface area contributed by atoms with Gasteiger partial charge in [-0.1, -0.05) is 70.5 Å². The molecule has 1 amide bonds. The zero-order chi connectivity index (χ0) is 21.7. The van der Waals surface area contributed by atoms with Gasteiger partial charge in [-0.05, 0) is 54.0 Å². The van der Waals surface area contributed by atoms with Crippen molar-refractivity contribution in [2.24, 2.45) is 5.41 Å². The van der Waals surface area contributed by atoms with E-state index in [2.05, 4.69) is 74.4 Å². The summed E-state index contributed by atoms with van der Waals surface area (Å²) in [6, 6.07) is 17.1. The number of hydrogen-bond donors (Lipinski definition) is 1. The van der Waals surface area contributed by atoms with E-state index in [0.29, 0.717) is 5.69 Å². The molecule has 1 heterocycles. The first-order valence-corrected chi connectivity index (χ1v) is 10.8. The van der Waals surface area contributed by atoms with Crippen LogP contribution in [-0.2, 0) is 6.42 Å².